The van der Waals surface area contributed by atoms with Crippen molar-refractivity contribution in [1.29, 1.82) is 0 Å². The molecule has 1 N–H and O–H groups in total. The molecule has 92 valence electrons. The van der Waals surface area contributed by atoms with Gasteiger partial charge in [-0.15, -0.1) is 0 Å². The lowest BCUT2D eigenvalue weighted by Crippen LogP contribution is -2.43. The molecular weight excluding hydrogens is 222 g/mol. The Bertz CT molecular complexity index is 289. The van der Waals surface area contributed by atoms with E-state index in [9.17, 15) is 4.79 Å². The van der Waals surface area contributed by atoms with E-state index in [1.54, 1.807) is 30.8 Å². The van der Waals surface area contributed by atoms with Crippen molar-refractivity contribution in [3.63, 3.8) is 0 Å². The Morgan fingerprint density at radius 1 is 1.50 bits per heavy atom. The van der Waals surface area contributed by atoms with Gasteiger partial charge in [0.05, 0.1) is 6.54 Å². The molecule has 1 amide bonds. The van der Waals surface area contributed by atoms with Gasteiger partial charge >= 0.3 is 0 Å². The van der Waals surface area contributed by atoms with Crippen LogP contribution in [0, 0.1) is 5.92 Å². The Morgan fingerprint density at radius 2 is 2.12 bits per heavy atom. The summed E-state index contributed by atoms with van der Waals surface area (Å²) in [5.41, 5.74) is 0. The van der Waals surface area contributed by atoms with Crippen molar-refractivity contribution in [2.45, 2.75) is 32.1 Å². The Labute approximate surface area is 102 Å². The van der Waals surface area contributed by atoms with Crippen LogP contribution >= 0.6 is 11.8 Å². The van der Waals surface area contributed by atoms with E-state index >= 15 is 0 Å². The van der Waals surface area contributed by atoms with Crippen molar-refractivity contribution in [1.82, 2.24) is 10.2 Å². The molecule has 0 aromatic heterocycles. The molecule has 0 aromatic rings. The fourth-order valence-corrected chi connectivity index (χ4v) is 2.55. The quantitative estimate of drug-likeness (QED) is 0.809. The maximum absolute atomic E-state index is 11.6. The van der Waals surface area contributed by atoms with E-state index in [4.69, 9.17) is 0 Å². The Morgan fingerprint density at radius 3 is 2.56 bits per heavy atom. The van der Waals surface area contributed by atoms with E-state index in [-0.39, 0.29) is 11.9 Å². The van der Waals surface area contributed by atoms with Gasteiger partial charge in [-0.2, -0.15) is 0 Å². The van der Waals surface area contributed by atoms with Crippen molar-refractivity contribution in [3.8, 4) is 0 Å². The van der Waals surface area contributed by atoms with Crippen molar-refractivity contribution < 1.29 is 4.79 Å². The number of rotatable bonds is 3. The van der Waals surface area contributed by atoms with Crippen LogP contribution in [0.25, 0.3) is 0 Å². The summed E-state index contributed by atoms with van der Waals surface area (Å²) in [6.45, 7) is 7.12. The monoisotopic (exact) mass is 243 g/mol. The number of hydrogen-bond acceptors (Lipinski definition) is 4. The molecule has 0 aromatic carbocycles. The molecule has 5 heteroatoms. The number of thioether (sulfide) groups is 1. The number of hydrogen-bond donors (Lipinski definition) is 1. The molecular formula is C11H21N3OS. The van der Waals surface area contributed by atoms with Crippen molar-refractivity contribution in [2.24, 2.45) is 10.9 Å². The maximum atomic E-state index is 11.6. The molecule has 0 aliphatic carbocycles. The summed E-state index contributed by atoms with van der Waals surface area (Å²) in [6, 6.07) is -0.202. The minimum Gasteiger partial charge on any atom is -0.353 e. The van der Waals surface area contributed by atoms with Gasteiger partial charge in [-0.3, -0.25) is 9.79 Å². The summed E-state index contributed by atoms with van der Waals surface area (Å²) in [5.74, 6) is 0.698. The van der Waals surface area contributed by atoms with Crippen LogP contribution in [-0.2, 0) is 4.79 Å². The van der Waals surface area contributed by atoms with Gasteiger partial charge in [0.2, 0.25) is 5.91 Å². The Hall–Kier alpha value is -0.710. The fourth-order valence-electron chi connectivity index (χ4n) is 1.45. The Balaban J connectivity index is 2.42. The molecule has 0 saturated carbocycles. The van der Waals surface area contributed by atoms with Crippen LogP contribution in [0.5, 0.6) is 0 Å². The van der Waals surface area contributed by atoms with Gasteiger partial charge in [-0.25, -0.2) is 0 Å². The van der Waals surface area contributed by atoms with Gasteiger partial charge in [0, 0.05) is 19.3 Å². The molecule has 1 aliphatic rings. The molecule has 0 spiro atoms. The fraction of sp³-hybridized carbons (Fsp3) is 0.818. The predicted octanol–water partition coefficient (Wildman–Crippen LogP) is 1.18. The van der Waals surface area contributed by atoms with Crippen LogP contribution in [-0.4, -0.2) is 47.9 Å². The molecule has 16 heavy (non-hydrogen) atoms. The largest absolute Gasteiger partial charge is 0.353 e. The lowest BCUT2D eigenvalue weighted by molar-refractivity contribution is -0.130. The van der Waals surface area contributed by atoms with Crippen LogP contribution in [0.15, 0.2) is 4.99 Å². The number of amides is 1. The van der Waals surface area contributed by atoms with Crippen molar-refractivity contribution in [2.75, 3.05) is 20.6 Å². The molecule has 2 atom stereocenters. The van der Waals surface area contributed by atoms with E-state index in [2.05, 4.69) is 24.2 Å². The summed E-state index contributed by atoms with van der Waals surface area (Å²) < 4.78 is 0. The van der Waals surface area contributed by atoms with Crippen molar-refractivity contribution in [3.05, 3.63) is 0 Å². The topological polar surface area (TPSA) is 44.7 Å². The van der Waals surface area contributed by atoms with Crippen molar-refractivity contribution >= 4 is 22.8 Å². The second-order valence-electron chi connectivity index (χ2n) is 4.64. The van der Waals surface area contributed by atoms with Gasteiger partial charge in [0.15, 0.2) is 5.17 Å². The summed E-state index contributed by atoms with van der Waals surface area (Å²) in [6.07, 6.45) is 0. The van der Waals surface area contributed by atoms with E-state index in [0.717, 1.165) is 11.7 Å². The highest BCUT2D eigenvalue weighted by atomic mass is 32.2. The molecule has 1 aliphatic heterocycles. The van der Waals surface area contributed by atoms with E-state index < -0.39 is 0 Å². The zero-order chi connectivity index (χ0) is 12.3. The van der Waals surface area contributed by atoms with Gasteiger partial charge in [0.1, 0.15) is 6.04 Å². The third-order valence-electron chi connectivity index (χ3n) is 2.57. The Kier molecular flexibility index (Phi) is 4.65. The number of carbonyl (C=O) groups excluding carboxylic acids is 1. The molecule has 0 fully saturated rings. The third-order valence-corrected chi connectivity index (χ3v) is 4.04. The number of nitrogens with zero attached hydrogens (tertiary/aromatic N) is 2. The highest BCUT2D eigenvalue weighted by Gasteiger charge is 2.25. The number of aliphatic imine (C=N–C) groups is 1. The second-order valence-corrected chi connectivity index (χ2v) is 5.87. The van der Waals surface area contributed by atoms with Gasteiger partial charge < -0.3 is 10.2 Å². The minimum absolute atomic E-state index is 0.0799. The van der Waals surface area contributed by atoms with E-state index in [1.807, 2.05) is 6.92 Å². The van der Waals surface area contributed by atoms with Gasteiger partial charge in [-0.1, -0.05) is 25.6 Å². The smallest absolute Gasteiger partial charge is 0.244 e. The SMILES string of the molecule is CC(NC1=NCC(C(C)C)S1)C(=O)N(C)C. The molecule has 2 unspecified atom stereocenters. The minimum atomic E-state index is -0.202. The van der Waals surface area contributed by atoms with Crippen LogP contribution in [0.2, 0.25) is 0 Å². The first-order valence-electron chi connectivity index (χ1n) is 5.60. The second kappa shape index (κ2) is 5.57. The van der Waals surface area contributed by atoms with Crippen LogP contribution < -0.4 is 5.32 Å². The zero-order valence-corrected chi connectivity index (χ0v) is 11.5. The maximum Gasteiger partial charge on any atom is 0.244 e. The highest BCUT2D eigenvalue weighted by molar-refractivity contribution is 8.14. The first-order chi connectivity index (χ1) is 7.41. The number of amidine groups is 1. The standard InChI is InChI=1S/C11H21N3OS/c1-7(2)9-6-12-11(16-9)13-8(3)10(15)14(4)5/h7-9H,6H2,1-5H3,(H,12,13). The first-order valence-corrected chi connectivity index (χ1v) is 6.48. The van der Waals surface area contributed by atoms with Crippen LogP contribution in [0.3, 0.4) is 0 Å². The highest BCUT2D eigenvalue weighted by Crippen LogP contribution is 2.26. The average Bonchev–Trinajstić information content (AvgIpc) is 2.64. The molecule has 1 heterocycles. The van der Waals surface area contributed by atoms with E-state index in [1.165, 1.54) is 0 Å². The summed E-state index contributed by atoms with van der Waals surface area (Å²) >= 11 is 1.74. The van der Waals surface area contributed by atoms with Crippen LogP contribution in [0.1, 0.15) is 20.8 Å². The average molecular weight is 243 g/mol. The van der Waals surface area contributed by atoms with Crippen LogP contribution in [0.4, 0.5) is 0 Å². The first kappa shape index (κ1) is 13.4. The lowest BCUT2D eigenvalue weighted by Gasteiger charge is -2.19. The molecule has 0 radical (unpaired) electrons. The number of carbonyl (C=O) groups is 1. The predicted molar refractivity (Wildman–Crippen MR) is 69.8 cm³/mol. The zero-order valence-electron chi connectivity index (χ0n) is 10.7. The third kappa shape index (κ3) is 3.40. The molecule has 1 rings (SSSR count). The normalized spacial score (nSPS) is 21.9. The summed E-state index contributed by atoms with van der Waals surface area (Å²) in [5, 5.41) is 4.62. The summed E-state index contributed by atoms with van der Waals surface area (Å²) in [4.78, 5) is 17.7. The van der Waals surface area contributed by atoms with E-state index in [0.29, 0.717) is 11.2 Å². The number of likely N-dealkylation sites (N-methyl/N-ethyl adjacent to an activating group) is 1. The molecule has 0 saturated heterocycles. The summed E-state index contributed by atoms with van der Waals surface area (Å²) in [7, 11) is 3.53. The lowest BCUT2D eigenvalue weighted by atomic mass is 10.1. The number of nitrogens with one attached hydrogen (secondary N) is 1. The molecule has 4 nitrogen and oxygen atoms in total. The molecule has 0 bridgehead atoms. The van der Waals surface area contributed by atoms with Gasteiger partial charge in [-0.05, 0) is 12.8 Å². The van der Waals surface area contributed by atoms with Gasteiger partial charge in [0.25, 0.3) is 0 Å².